The molecule has 0 aromatic rings. The molecular formula is C11H21NO4S. The first kappa shape index (κ1) is 14.4. The van der Waals surface area contributed by atoms with E-state index in [9.17, 15) is 13.2 Å². The molecule has 0 aromatic carbocycles. The minimum Gasteiger partial charge on any atom is -0.481 e. The van der Waals surface area contributed by atoms with E-state index < -0.39 is 21.2 Å². The highest BCUT2D eigenvalue weighted by molar-refractivity contribution is 7.91. The molecule has 0 aromatic heterocycles. The van der Waals surface area contributed by atoms with Crippen molar-refractivity contribution in [3.8, 4) is 0 Å². The minimum atomic E-state index is -2.97. The van der Waals surface area contributed by atoms with Gasteiger partial charge in [-0.2, -0.15) is 0 Å². The molecule has 0 aliphatic carbocycles. The van der Waals surface area contributed by atoms with Crippen molar-refractivity contribution in [2.45, 2.75) is 26.7 Å². The largest absolute Gasteiger partial charge is 0.481 e. The maximum atomic E-state index is 11.5. The molecule has 6 heteroatoms. The summed E-state index contributed by atoms with van der Waals surface area (Å²) < 4.78 is 23.1. The monoisotopic (exact) mass is 263 g/mol. The van der Waals surface area contributed by atoms with Gasteiger partial charge >= 0.3 is 5.97 Å². The molecule has 1 atom stereocenters. The van der Waals surface area contributed by atoms with Gasteiger partial charge in [0.15, 0.2) is 9.84 Å². The van der Waals surface area contributed by atoms with Crippen molar-refractivity contribution < 1.29 is 18.3 Å². The molecule has 1 unspecified atom stereocenters. The molecule has 1 aliphatic heterocycles. The second-order valence-corrected chi connectivity index (χ2v) is 7.35. The number of hydrogen-bond donors (Lipinski definition) is 1. The van der Waals surface area contributed by atoms with Gasteiger partial charge < -0.3 is 10.0 Å². The van der Waals surface area contributed by atoms with Crippen molar-refractivity contribution >= 4 is 15.8 Å². The van der Waals surface area contributed by atoms with Gasteiger partial charge in [-0.1, -0.05) is 6.92 Å². The molecule has 0 spiro atoms. The van der Waals surface area contributed by atoms with E-state index in [0.717, 1.165) is 0 Å². The van der Waals surface area contributed by atoms with Crippen LogP contribution in [-0.4, -0.2) is 55.5 Å². The maximum absolute atomic E-state index is 11.5. The lowest BCUT2D eigenvalue weighted by atomic mass is 9.90. The Bertz CT molecular complexity index is 379. The number of hydrogen-bond acceptors (Lipinski definition) is 4. The quantitative estimate of drug-likeness (QED) is 0.760. The number of carbonyl (C=O) groups is 1. The Morgan fingerprint density at radius 1 is 1.41 bits per heavy atom. The van der Waals surface area contributed by atoms with Gasteiger partial charge in [0.2, 0.25) is 0 Å². The number of nitrogens with zero attached hydrogens (tertiary/aromatic N) is 1. The third-order valence-electron chi connectivity index (χ3n) is 3.30. The molecule has 0 radical (unpaired) electrons. The smallest absolute Gasteiger partial charge is 0.310 e. The van der Waals surface area contributed by atoms with Crippen LogP contribution in [0.25, 0.3) is 0 Å². The van der Waals surface area contributed by atoms with Gasteiger partial charge in [-0.05, 0) is 26.3 Å². The minimum absolute atomic E-state index is 0.135. The van der Waals surface area contributed by atoms with Crippen molar-refractivity contribution in [3.63, 3.8) is 0 Å². The number of likely N-dealkylation sites (tertiary alicyclic amines) is 1. The molecule has 0 amide bonds. The van der Waals surface area contributed by atoms with E-state index in [-0.39, 0.29) is 11.5 Å². The zero-order valence-electron chi connectivity index (χ0n) is 10.5. The van der Waals surface area contributed by atoms with Gasteiger partial charge in [0.05, 0.1) is 11.2 Å². The molecule has 1 saturated heterocycles. The second-order valence-electron chi connectivity index (χ2n) is 5.04. The van der Waals surface area contributed by atoms with Crippen molar-refractivity contribution in [2.24, 2.45) is 5.41 Å². The number of rotatable bonds is 6. The van der Waals surface area contributed by atoms with Crippen LogP contribution >= 0.6 is 0 Å². The summed E-state index contributed by atoms with van der Waals surface area (Å²) in [4.78, 5) is 13.0. The van der Waals surface area contributed by atoms with E-state index in [1.165, 1.54) is 0 Å². The normalized spacial score (nSPS) is 26.2. The highest BCUT2D eigenvalue weighted by Gasteiger charge is 2.40. The Hall–Kier alpha value is -0.620. The number of carboxylic acid groups (broad SMARTS) is 1. The van der Waals surface area contributed by atoms with Crippen molar-refractivity contribution in [1.29, 1.82) is 0 Å². The Kier molecular flexibility index (Phi) is 4.55. The summed E-state index contributed by atoms with van der Waals surface area (Å²) in [5, 5.41) is 9.06. The zero-order chi connectivity index (χ0) is 13.1. The summed E-state index contributed by atoms with van der Waals surface area (Å²) in [6.45, 7) is 5.13. The third kappa shape index (κ3) is 3.96. The molecule has 100 valence electrons. The summed E-state index contributed by atoms with van der Waals surface area (Å²) in [5.74, 6) is -0.440. The van der Waals surface area contributed by atoms with E-state index in [0.29, 0.717) is 32.5 Å². The van der Waals surface area contributed by atoms with Crippen LogP contribution in [0.2, 0.25) is 0 Å². The maximum Gasteiger partial charge on any atom is 0.310 e. The van der Waals surface area contributed by atoms with E-state index in [4.69, 9.17) is 5.11 Å². The Morgan fingerprint density at radius 3 is 2.53 bits per heavy atom. The number of carboxylic acids is 1. The van der Waals surface area contributed by atoms with Crippen LogP contribution in [0.1, 0.15) is 26.7 Å². The fourth-order valence-electron chi connectivity index (χ4n) is 2.10. The average molecular weight is 263 g/mol. The van der Waals surface area contributed by atoms with Crippen LogP contribution in [0.4, 0.5) is 0 Å². The van der Waals surface area contributed by atoms with E-state index in [1.807, 2.05) is 11.8 Å². The molecule has 0 saturated carbocycles. The highest BCUT2D eigenvalue weighted by Crippen LogP contribution is 2.29. The molecule has 1 rings (SSSR count). The van der Waals surface area contributed by atoms with Gasteiger partial charge in [-0.3, -0.25) is 4.79 Å². The zero-order valence-corrected chi connectivity index (χ0v) is 11.3. The molecule has 1 fully saturated rings. The van der Waals surface area contributed by atoms with Gasteiger partial charge in [-0.25, -0.2) is 8.42 Å². The molecule has 1 heterocycles. The first-order valence-electron chi connectivity index (χ1n) is 5.95. The lowest BCUT2D eigenvalue weighted by molar-refractivity contribution is -0.147. The second kappa shape index (κ2) is 5.35. The first-order chi connectivity index (χ1) is 7.79. The first-order valence-corrected chi connectivity index (χ1v) is 7.77. The van der Waals surface area contributed by atoms with Crippen LogP contribution in [0.5, 0.6) is 0 Å². The average Bonchev–Trinajstić information content (AvgIpc) is 2.59. The van der Waals surface area contributed by atoms with Crippen molar-refractivity contribution in [3.05, 3.63) is 0 Å². The van der Waals surface area contributed by atoms with Crippen molar-refractivity contribution in [1.82, 2.24) is 4.90 Å². The molecule has 0 bridgehead atoms. The SMILES string of the molecule is CCCS(=O)(=O)CCN1CCC(C)(C(=O)O)C1. The van der Waals surface area contributed by atoms with Crippen LogP contribution in [0.3, 0.4) is 0 Å². The predicted molar refractivity (Wildman–Crippen MR) is 65.7 cm³/mol. The van der Waals surface area contributed by atoms with E-state index >= 15 is 0 Å². The van der Waals surface area contributed by atoms with Crippen LogP contribution in [0, 0.1) is 5.41 Å². The Balaban J connectivity index is 2.44. The molecule has 5 nitrogen and oxygen atoms in total. The lowest BCUT2D eigenvalue weighted by Gasteiger charge is -2.19. The standard InChI is InChI=1S/C11H21NO4S/c1-3-7-17(15,16)8-6-12-5-4-11(2,9-12)10(13)14/h3-9H2,1-2H3,(H,13,14). The summed E-state index contributed by atoms with van der Waals surface area (Å²) in [7, 11) is -2.97. The van der Waals surface area contributed by atoms with Gasteiger partial charge in [-0.15, -0.1) is 0 Å². The van der Waals surface area contributed by atoms with E-state index in [2.05, 4.69) is 0 Å². The lowest BCUT2D eigenvalue weighted by Crippen LogP contribution is -2.34. The molecule has 17 heavy (non-hydrogen) atoms. The Labute approximate surface area is 103 Å². The van der Waals surface area contributed by atoms with Gasteiger partial charge in [0.25, 0.3) is 0 Å². The summed E-state index contributed by atoms with van der Waals surface area (Å²) in [6, 6.07) is 0. The summed E-state index contributed by atoms with van der Waals surface area (Å²) >= 11 is 0. The van der Waals surface area contributed by atoms with Crippen molar-refractivity contribution in [2.75, 3.05) is 31.1 Å². The molecule has 1 N–H and O–H groups in total. The van der Waals surface area contributed by atoms with Crippen LogP contribution in [-0.2, 0) is 14.6 Å². The molecule has 1 aliphatic rings. The fourth-order valence-corrected chi connectivity index (χ4v) is 3.47. The Morgan fingerprint density at radius 2 is 2.06 bits per heavy atom. The van der Waals surface area contributed by atoms with E-state index in [1.54, 1.807) is 6.92 Å². The third-order valence-corrected chi connectivity index (χ3v) is 5.14. The van der Waals surface area contributed by atoms with Gasteiger partial charge in [0.1, 0.15) is 0 Å². The van der Waals surface area contributed by atoms with Gasteiger partial charge in [0, 0.05) is 18.8 Å². The highest BCUT2D eigenvalue weighted by atomic mass is 32.2. The predicted octanol–water partition coefficient (Wildman–Crippen LogP) is 0.608. The summed E-state index contributed by atoms with van der Waals surface area (Å²) in [5.41, 5.74) is -0.714. The van der Waals surface area contributed by atoms with Crippen LogP contribution < -0.4 is 0 Å². The fraction of sp³-hybridized carbons (Fsp3) is 0.909. The summed E-state index contributed by atoms with van der Waals surface area (Å²) in [6.07, 6.45) is 1.23. The number of sulfone groups is 1. The van der Waals surface area contributed by atoms with Crippen LogP contribution in [0.15, 0.2) is 0 Å². The molecular weight excluding hydrogens is 242 g/mol. The topological polar surface area (TPSA) is 74.7 Å². The number of aliphatic carboxylic acids is 1.